The molecule has 1 fully saturated rings. The van der Waals surface area contributed by atoms with Gasteiger partial charge in [0.25, 0.3) is 0 Å². The van der Waals surface area contributed by atoms with Crippen LogP contribution in [0.15, 0.2) is 24.3 Å². The summed E-state index contributed by atoms with van der Waals surface area (Å²) in [7, 11) is 0. The van der Waals surface area contributed by atoms with Crippen molar-refractivity contribution in [2.75, 3.05) is 0 Å². The molecule has 0 amide bonds. The standard InChI is InChI=1S/C17H27N/c1-2-14-9-8-12-16(13-14)17(18)15-10-6-4-3-5-7-11-15/h8-9,12-13,15,17H,2-7,10-11,18H2,1H3. The minimum atomic E-state index is 0.245. The third-order valence-corrected chi connectivity index (χ3v) is 4.40. The second-order valence-electron chi connectivity index (χ2n) is 5.73. The fourth-order valence-electron chi connectivity index (χ4n) is 3.14. The van der Waals surface area contributed by atoms with E-state index >= 15 is 0 Å². The largest absolute Gasteiger partial charge is 0.324 e. The Balaban J connectivity index is 2.05. The first-order valence-electron chi connectivity index (χ1n) is 7.65. The van der Waals surface area contributed by atoms with E-state index < -0.39 is 0 Å². The van der Waals surface area contributed by atoms with Crippen LogP contribution in [0.3, 0.4) is 0 Å². The van der Waals surface area contributed by atoms with Crippen LogP contribution in [0.5, 0.6) is 0 Å². The van der Waals surface area contributed by atoms with Gasteiger partial charge in [-0.15, -0.1) is 0 Å². The normalized spacial score (nSPS) is 20.1. The summed E-state index contributed by atoms with van der Waals surface area (Å²) in [4.78, 5) is 0. The Morgan fingerprint density at radius 1 is 1.11 bits per heavy atom. The molecular weight excluding hydrogens is 218 g/mol. The highest BCUT2D eigenvalue weighted by atomic mass is 14.7. The third-order valence-electron chi connectivity index (χ3n) is 4.40. The predicted molar refractivity (Wildman–Crippen MR) is 78.6 cm³/mol. The van der Waals surface area contributed by atoms with Crippen molar-refractivity contribution >= 4 is 0 Å². The molecule has 0 radical (unpaired) electrons. The topological polar surface area (TPSA) is 26.0 Å². The van der Waals surface area contributed by atoms with Gasteiger partial charge in [0, 0.05) is 6.04 Å². The summed E-state index contributed by atoms with van der Waals surface area (Å²) in [5, 5.41) is 0. The lowest BCUT2D eigenvalue weighted by molar-refractivity contribution is 0.327. The first kappa shape index (κ1) is 13.6. The molecule has 0 aliphatic heterocycles. The molecule has 1 unspecified atom stereocenters. The van der Waals surface area contributed by atoms with Crippen LogP contribution in [0.2, 0.25) is 0 Å². The average Bonchev–Trinajstić information content (AvgIpc) is 2.38. The molecule has 1 aliphatic rings. The number of benzene rings is 1. The number of aryl methyl sites for hydroxylation is 1. The molecule has 18 heavy (non-hydrogen) atoms. The predicted octanol–water partition coefficient (Wildman–Crippen LogP) is 4.61. The van der Waals surface area contributed by atoms with E-state index in [0.717, 1.165) is 6.42 Å². The van der Waals surface area contributed by atoms with E-state index in [-0.39, 0.29) is 6.04 Å². The van der Waals surface area contributed by atoms with E-state index in [1.54, 1.807) is 0 Å². The molecule has 2 rings (SSSR count). The van der Waals surface area contributed by atoms with Gasteiger partial charge in [0.15, 0.2) is 0 Å². The Morgan fingerprint density at radius 3 is 2.44 bits per heavy atom. The summed E-state index contributed by atoms with van der Waals surface area (Å²) in [6.07, 6.45) is 10.7. The van der Waals surface area contributed by atoms with E-state index in [1.807, 2.05) is 0 Å². The molecular formula is C17H27N. The molecule has 0 aromatic heterocycles. The molecule has 0 spiro atoms. The van der Waals surface area contributed by atoms with E-state index in [9.17, 15) is 0 Å². The molecule has 100 valence electrons. The summed E-state index contributed by atoms with van der Waals surface area (Å²) in [6, 6.07) is 9.13. The van der Waals surface area contributed by atoms with Gasteiger partial charge in [0.1, 0.15) is 0 Å². The van der Waals surface area contributed by atoms with Crippen molar-refractivity contribution in [3.63, 3.8) is 0 Å². The van der Waals surface area contributed by atoms with Gasteiger partial charge >= 0.3 is 0 Å². The highest BCUT2D eigenvalue weighted by Crippen LogP contribution is 2.31. The molecule has 1 aromatic carbocycles. The van der Waals surface area contributed by atoms with Gasteiger partial charge < -0.3 is 5.73 Å². The Morgan fingerprint density at radius 2 is 1.78 bits per heavy atom. The minimum Gasteiger partial charge on any atom is -0.324 e. The highest BCUT2D eigenvalue weighted by Gasteiger charge is 2.20. The summed E-state index contributed by atoms with van der Waals surface area (Å²) < 4.78 is 0. The molecule has 1 heteroatoms. The zero-order valence-corrected chi connectivity index (χ0v) is 11.7. The molecule has 1 atom stereocenters. The van der Waals surface area contributed by atoms with Crippen molar-refractivity contribution in [3.8, 4) is 0 Å². The van der Waals surface area contributed by atoms with Gasteiger partial charge in [-0.2, -0.15) is 0 Å². The van der Waals surface area contributed by atoms with Gasteiger partial charge in [0.05, 0.1) is 0 Å². The van der Waals surface area contributed by atoms with E-state index in [4.69, 9.17) is 5.73 Å². The fraction of sp³-hybridized carbons (Fsp3) is 0.647. The molecule has 0 heterocycles. The third kappa shape index (κ3) is 3.58. The van der Waals surface area contributed by atoms with Crippen molar-refractivity contribution in [2.24, 2.45) is 11.7 Å². The summed E-state index contributed by atoms with van der Waals surface area (Å²) in [6.45, 7) is 2.21. The second kappa shape index (κ2) is 6.94. The molecule has 1 nitrogen and oxygen atoms in total. The summed E-state index contributed by atoms with van der Waals surface area (Å²) in [5.74, 6) is 0.692. The Kier molecular flexibility index (Phi) is 5.25. The van der Waals surface area contributed by atoms with E-state index in [2.05, 4.69) is 31.2 Å². The van der Waals surface area contributed by atoms with Crippen LogP contribution in [0.1, 0.15) is 69.0 Å². The maximum atomic E-state index is 6.51. The first-order chi connectivity index (χ1) is 8.81. The van der Waals surface area contributed by atoms with Crippen molar-refractivity contribution in [3.05, 3.63) is 35.4 Å². The summed E-state index contributed by atoms with van der Waals surface area (Å²) >= 11 is 0. The average molecular weight is 245 g/mol. The smallest absolute Gasteiger partial charge is 0.0323 e. The van der Waals surface area contributed by atoms with Crippen LogP contribution in [0.25, 0.3) is 0 Å². The monoisotopic (exact) mass is 245 g/mol. The molecule has 0 saturated heterocycles. The summed E-state index contributed by atoms with van der Waals surface area (Å²) in [5.41, 5.74) is 9.27. The van der Waals surface area contributed by atoms with Gasteiger partial charge in [-0.05, 0) is 36.3 Å². The molecule has 1 saturated carbocycles. The van der Waals surface area contributed by atoms with Gasteiger partial charge in [-0.1, -0.05) is 63.3 Å². The van der Waals surface area contributed by atoms with Crippen molar-refractivity contribution in [1.82, 2.24) is 0 Å². The lowest BCUT2D eigenvalue weighted by atomic mass is 9.83. The maximum Gasteiger partial charge on any atom is 0.0323 e. The Hall–Kier alpha value is -0.820. The number of rotatable bonds is 3. The Labute approximate surface area is 112 Å². The second-order valence-corrected chi connectivity index (χ2v) is 5.73. The maximum absolute atomic E-state index is 6.51. The molecule has 1 aromatic rings. The van der Waals surface area contributed by atoms with Crippen LogP contribution in [-0.4, -0.2) is 0 Å². The van der Waals surface area contributed by atoms with Crippen LogP contribution >= 0.6 is 0 Å². The van der Waals surface area contributed by atoms with Crippen LogP contribution in [0.4, 0.5) is 0 Å². The lowest BCUT2D eigenvalue weighted by Gasteiger charge is -2.26. The van der Waals surface area contributed by atoms with Crippen LogP contribution < -0.4 is 5.73 Å². The van der Waals surface area contributed by atoms with E-state index in [0.29, 0.717) is 5.92 Å². The molecule has 1 aliphatic carbocycles. The van der Waals surface area contributed by atoms with Gasteiger partial charge in [0.2, 0.25) is 0 Å². The number of hydrogen-bond acceptors (Lipinski definition) is 1. The zero-order chi connectivity index (χ0) is 12.8. The Bertz CT molecular complexity index is 350. The lowest BCUT2D eigenvalue weighted by Crippen LogP contribution is -2.22. The van der Waals surface area contributed by atoms with Crippen molar-refractivity contribution in [1.29, 1.82) is 0 Å². The van der Waals surface area contributed by atoms with E-state index in [1.165, 1.54) is 56.1 Å². The van der Waals surface area contributed by atoms with Crippen LogP contribution in [0, 0.1) is 5.92 Å². The number of hydrogen-bond donors (Lipinski definition) is 1. The minimum absolute atomic E-state index is 0.245. The molecule has 2 N–H and O–H groups in total. The zero-order valence-electron chi connectivity index (χ0n) is 11.7. The quantitative estimate of drug-likeness (QED) is 0.827. The SMILES string of the molecule is CCc1cccc(C(N)C2CCCCCCC2)c1. The highest BCUT2D eigenvalue weighted by molar-refractivity contribution is 5.26. The van der Waals surface area contributed by atoms with Gasteiger partial charge in [-0.25, -0.2) is 0 Å². The molecule has 0 bridgehead atoms. The van der Waals surface area contributed by atoms with Crippen molar-refractivity contribution in [2.45, 2.75) is 64.3 Å². The first-order valence-corrected chi connectivity index (χ1v) is 7.65. The van der Waals surface area contributed by atoms with Crippen LogP contribution in [-0.2, 0) is 6.42 Å². The van der Waals surface area contributed by atoms with Crippen molar-refractivity contribution < 1.29 is 0 Å². The van der Waals surface area contributed by atoms with Gasteiger partial charge in [-0.3, -0.25) is 0 Å². The fourth-order valence-corrected chi connectivity index (χ4v) is 3.14. The number of nitrogens with two attached hydrogens (primary N) is 1.